The molecule has 2 saturated heterocycles. The monoisotopic (exact) mass is 900 g/mol. The molecule has 0 radical (unpaired) electrons. The highest BCUT2D eigenvalue weighted by atomic mass is 16.6. The third kappa shape index (κ3) is 14.1. The minimum Gasteiger partial charge on any atom is -0.460 e. The molecule has 3 aliphatic heterocycles. The molecule has 14 atom stereocenters. The van der Waals surface area contributed by atoms with Gasteiger partial charge < -0.3 is 43.9 Å². The van der Waals surface area contributed by atoms with Gasteiger partial charge in [0.2, 0.25) is 5.79 Å². The second-order valence-corrected chi connectivity index (χ2v) is 19.1. The Labute approximate surface area is 380 Å². The van der Waals surface area contributed by atoms with Gasteiger partial charge in [-0.2, -0.15) is 0 Å². The molecule has 4 rings (SSSR count). The summed E-state index contributed by atoms with van der Waals surface area (Å²) in [6.45, 7) is 10.9. The second-order valence-electron chi connectivity index (χ2n) is 19.1. The number of ether oxygens (including phenoxy) is 5. The van der Waals surface area contributed by atoms with Crippen LogP contribution in [0.1, 0.15) is 125 Å². The summed E-state index contributed by atoms with van der Waals surface area (Å²) in [4.78, 5) is 71.3. The largest absolute Gasteiger partial charge is 0.460 e. The van der Waals surface area contributed by atoms with E-state index in [4.69, 9.17) is 23.7 Å². The summed E-state index contributed by atoms with van der Waals surface area (Å²) < 4.78 is 29.3. The summed E-state index contributed by atoms with van der Waals surface area (Å²) >= 11 is 0. The van der Waals surface area contributed by atoms with Gasteiger partial charge in [0.15, 0.2) is 11.6 Å². The second kappa shape index (κ2) is 25.0. The molecule has 1 amide bonds. The molecule has 1 saturated carbocycles. The quantitative estimate of drug-likeness (QED) is 0.210. The van der Waals surface area contributed by atoms with Crippen LogP contribution in [0.4, 0.5) is 0 Å². The van der Waals surface area contributed by atoms with Gasteiger partial charge in [0, 0.05) is 59.0 Å². The molecular weight excluding hydrogens is 823 g/mol. The molecule has 14 nitrogen and oxygen atoms in total. The zero-order valence-corrected chi connectivity index (χ0v) is 39.7. The normalized spacial score (nSPS) is 37.9. The van der Waals surface area contributed by atoms with E-state index in [1.165, 1.54) is 12.0 Å². The van der Waals surface area contributed by atoms with Gasteiger partial charge in [-0.05, 0) is 107 Å². The van der Waals surface area contributed by atoms with Crippen molar-refractivity contribution >= 4 is 29.2 Å². The molecule has 1 aliphatic carbocycles. The summed E-state index contributed by atoms with van der Waals surface area (Å²) in [5.74, 6) is -7.45. The van der Waals surface area contributed by atoms with Crippen LogP contribution in [0.3, 0.4) is 0 Å². The van der Waals surface area contributed by atoms with E-state index in [1.54, 1.807) is 41.1 Å². The topological polar surface area (TPSA) is 195 Å². The predicted molar refractivity (Wildman–Crippen MR) is 241 cm³/mol. The summed E-state index contributed by atoms with van der Waals surface area (Å²) in [6, 6.07) is -1.14. The third-order valence-electron chi connectivity index (χ3n) is 14.2. The molecule has 0 aromatic carbocycles. The number of allylic oxidation sites excluding steroid dienone is 6. The number of piperidine rings is 1. The van der Waals surface area contributed by atoms with Crippen LogP contribution >= 0.6 is 0 Å². The smallest absolute Gasteiger partial charge is 0.329 e. The fraction of sp³-hybridized carbons (Fsp3) is 0.740. The first-order valence-corrected chi connectivity index (χ1v) is 23.5. The van der Waals surface area contributed by atoms with E-state index >= 15 is 0 Å². The Morgan fingerprint density at radius 1 is 0.875 bits per heavy atom. The fourth-order valence-electron chi connectivity index (χ4n) is 9.75. The Morgan fingerprint density at radius 2 is 1.61 bits per heavy atom. The van der Waals surface area contributed by atoms with E-state index in [9.17, 15) is 39.3 Å². The van der Waals surface area contributed by atoms with E-state index in [0.717, 1.165) is 12.0 Å². The molecule has 0 spiro atoms. The van der Waals surface area contributed by atoms with Gasteiger partial charge in [-0.1, -0.05) is 64.2 Å². The Bertz CT molecular complexity index is 1720. The van der Waals surface area contributed by atoms with Crippen molar-refractivity contribution in [3.8, 4) is 0 Å². The van der Waals surface area contributed by atoms with Crippen LogP contribution in [-0.4, -0.2) is 132 Å². The average Bonchev–Trinajstić information content (AvgIpc) is 3.27. The van der Waals surface area contributed by atoms with Crippen molar-refractivity contribution < 1.29 is 63.0 Å². The number of methoxy groups -OCH3 is 3. The van der Waals surface area contributed by atoms with E-state index < -0.39 is 77.9 Å². The lowest BCUT2D eigenvalue weighted by Gasteiger charge is -2.42. The van der Waals surface area contributed by atoms with Crippen LogP contribution in [0.2, 0.25) is 0 Å². The van der Waals surface area contributed by atoms with E-state index in [-0.39, 0.29) is 61.2 Å². The average molecular weight is 900 g/mol. The number of fused-ring (bicyclic) bond motifs is 3. The number of carbonyl (C=O) groups is 5. The highest BCUT2D eigenvalue weighted by molar-refractivity contribution is 6.39. The van der Waals surface area contributed by atoms with Crippen LogP contribution in [0.5, 0.6) is 0 Å². The minimum atomic E-state index is -2.43. The van der Waals surface area contributed by atoms with E-state index in [0.29, 0.717) is 63.4 Å². The number of esters is 1. The number of cyclic esters (lactones) is 1. The molecule has 3 heterocycles. The zero-order valence-electron chi connectivity index (χ0n) is 39.7. The maximum absolute atomic E-state index is 14.3. The third-order valence-corrected chi connectivity index (χ3v) is 14.2. The summed E-state index contributed by atoms with van der Waals surface area (Å²) in [6.07, 6.45) is 11.5. The molecule has 360 valence electrons. The van der Waals surface area contributed by atoms with Crippen molar-refractivity contribution in [1.82, 2.24) is 4.90 Å². The molecule has 0 aromatic heterocycles. The van der Waals surface area contributed by atoms with Crippen LogP contribution in [0.25, 0.3) is 0 Å². The Kier molecular flexibility index (Phi) is 20.8. The number of hydrogen-bond donors (Lipinski definition) is 3. The standard InChI is InChI=1S/C50H77NO13/c1-30-15-11-10-12-16-31(2)42(60-7)28-37-21-19-35(6)50(59,64-37)47(56)48(57)51-24-14-13-17-38(51)49(58)63-43(33(4)26-36-20-23-39(52)44(27-36)61-8)29-41(54)32(3)25-34(5)45(55)46(62-9)40(53)22-18-30/h10-12,15-16,25,30,33-39,42-46,52,55,59H,13-14,17-24,26-29H2,1-9H3/b12-10?,15-11?,31-16?,32-25+. The zero-order chi connectivity index (χ0) is 47.3. The molecule has 0 aromatic rings. The SMILES string of the molecule is COC1CC2CCC(C)C(O)(O2)C(=O)C(=O)N2CCCCC2C(=O)OC(C(C)CC2CCC(O)C(OC)C2)CC(=O)/C(C)=C/C(C)C(O)C(OC)C(=O)CCC(C)C=CC=CC=C1C. The van der Waals surface area contributed by atoms with Crippen LogP contribution in [-0.2, 0) is 47.7 Å². The molecule has 4 aliphatic rings. The maximum atomic E-state index is 14.3. The first-order chi connectivity index (χ1) is 30.3. The summed E-state index contributed by atoms with van der Waals surface area (Å²) in [5, 5.41) is 33.7. The Hall–Kier alpha value is -3.37. The number of amides is 1. The minimum absolute atomic E-state index is 0.0451. The van der Waals surface area contributed by atoms with Crippen molar-refractivity contribution in [3.63, 3.8) is 0 Å². The number of ketones is 3. The molecule has 14 unspecified atom stereocenters. The van der Waals surface area contributed by atoms with Crippen molar-refractivity contribution in [2.24, 2.45) is 29.6 Å². The number of nitrogens with zero attached hydrogens (tertiary/aromatic N) is 1. The highest BCUT2D eigenvalue weighted by Gasteiger charge is 2.53. The Balaban J connectivity index is 1.69. The predicted octanol–water partition coefficient (Wildman–Crippen LogP) is 5.93. The number of hydrogen-bond acceptors (Lipinski definition) is 13. The van der Waals surface area contributed by atoms with Gasteiger partial charge in [0.05, 0.1) is 30.5 Å². The number of carbonyl (C=O) groups excluding carboxylic acids is 5. The molecule has 14 heteroatoms. The Morgan fingerprint density at radius 3 is 2.30 bits per heavy atom. The molecule has 3 N–H and O–H groups in total. The number of rotatable bonds is 6. The molecule has 3 fully saturated rings. The van der Waals surface area contributed by atoms with Crippen molar-refractivity contribution in [2.45, 2.75) is 180 Å². The lowest BCUT2D eigenvalue weighted by atomic mass is 9.78. The van der Waals surface area contributed by atoms with Gasteiger partial charge >= 0.3 is 5.97 Å². The van der Waals surface area contributed by atoms with Gasteiger partial charge in [0.1, 0.15) is 18.2 Å². The van der Waals surface area contributed by atoms with Gasteiger partial charge in [-0.25, -0.2) is 4.79 Å². The number of aliphatic hydroxyl groups is 3. The fourth-order valence-corrected chi connectivity index (χ4v) is 9.75. The van der Waals surface area contributed by atoms with Crippen molar-refractivity contribution in [2.75, 3.05) is 27.9 Å². The molecule has 2 bridgehead atoms. The van der Waals surface area contributed by atoms with Crippen LogP contribution in [0, 0.1) is 29.6 Å². The molecular formula is C50H77NO13. The lowest BCUT2D eigenvalue weighted by Crippen LogP contribution is -2.61. The van der Waals surface area contributed by atoms with Crippen molar-refractivity contribution in [1.29, 1.82) is 0 Å². The van der Waals surface area contributed by atoms with Gasteiger partial charge in [-0.15, -0.1) is 0 Å². The maximum Gasteiger partial charge on any atom is 0.329 e. The van der Waals surface area contributed by atoms with Gasteiger partial charge in [0.25, 0.3) is 11.7 Å². The summed E-state index contributed by atoms with van der Waals surface area (Å²) in [7, 11) is 4.52. The van der Waals surface area contributed by atoms with Crippen molar-refractivity contribution in [3.05, 3.63) is 47.6 Å². The van der Waals surface area contributed by atoms with Gasteiger partial charge in [-0.3, -0.25) is 19.2 Å². The van der Waals surface area contributed by atoms with Crippen LogP contribution < -0.4 is 0 Å². The lowest BCUT2D eigenvalue weighted by molar-refractivity contribution is -0.265. The van der Waals surface area contributed by atoms with E-state index in [1.807, 2.05) is 51.2 Å². The number of aliphatic hydroxyl groups excluding tert-OH is 2. The van der Waals surface area contributed by atoms with Crippen LogP contribution in [0.15, 0.2) is 47.6 Å². The summed E-state index contributed by atoms with van der Waals surface area (Å²) in [5.41, 5.74) is 1.19. The first-order valence-electron chi connectivity index (χ1n) is 23.5. The first kappa shape index (κ1) is 53.2. The highest BCUT2D eigenvalue weighted by Crippen LogP contribution is 2.37. The molecule has 64 heavy (non-hydrogen) atoms. The number of Topliss-reactive ketones (excluding diaryl/α,β-unsaturated/α-hetero) is 3. The van der Waals surface area contributed by atoms with E-state index in [2.05, 4.69) is 0 Å².